The molecule has 0 saturated carbocycles. The maximum Gasteiger partial charge on any atom is 0.409 e. The first-order valence-electron chi connectivity index (χ1n) is 9.00. The van der Waals surface area contributed by atoms with Crippen LogP contribution in [0, 0.1) is 0 Å². The molecular formula is C17H33N4O4+. The summed E-state index contributed by atoms with van der Waals surface area (Å²) >= 11 is 0. The van der Waals surface area contributed by atoms with Crippen molar-refractivity contribution in [1.82, 2.24) is 15.1 Å². The average molecular weight is 357 g/mol. The van der Waals surface area contributed by atoms with Crippen LogP contribution < -0.4 is 10.2 Å². The van der Waals surface area contributed by atoms with Crippen LogP contribution >= 0.6 is 0 Å². The average Bonchev–Trinajstić information content (AvgIpc) is 2.52. The lowest BCUT2D eigenvalue weighted by Crippen LogP contribution is -3.14. The highest BCUT2D eigenvalue weighted by Gasteiger charge is 2.27. The number of quaternary nitrogens is 1. The fraction of sp³-hybridized carbons (Fsp3) is 0.824. The highest BCUT2D eigenvalue weighted by molar-refractivity contribution is 5.79. The molecule has 2 N–H and O–H groups in total. The topological polar surface area (TPSA) is 83.4 Å². The second-order valence-corrected chi connectivity index (χ2v) is 7.32. The van der Waals surface area contributed by atoms with Gasteiger partial charge in [0.25, 0.3) is 11.8 Å². The van der Waals surface area contributed by atoms with Crippen molar-refractivity contribution in [1.29, 1.82) is 0 Å². The van der Waals surface area contributed by atoms with Gasteiger partial charge in [-0.15, -0.1) is 0 Å². The van der Waals surface area contributed by atoms with E-state index in [1.807, 2.05) is 27.7 Å². The van der Waals surface area contributed by atoms with Crippen LogP contribution in [0.2, 0.25) is 0 Å². The minimum Gasteiger partial charge on any atom is -0.450 e. The summed E-state index contributed by atoms with van der Waals surface area (Å²) in [7, 11) is 0. The normalized spacial score (nSPS) is 16.4. The van der Waals surface area contributed by atoms with Crippen molar-refractivity contribution in [3.8, 4) is 0 Å². The SMILES string of the molecule is CCOC(=O)N1CCN(C(=O)C[NH+](CC)CC(=O)NC(C)(C)C)CC1. The molecular weight excluding hydrogens is 324 g/mol. The number of amides is 3. The van der Waals surface area contributed by atoms with Gasteiger partial charge in [-0.1, -0.05) is 0 Å². The molecule has 0 aromatic carbocycles. The van der Waals surface area contributed by atoms with Gasteiger partial charge in [0.05, 0.1) is 13.2 Å². The van der Waals surface area contributed by atoms with Crippen molar-refractivity contribution in [2.45, 2.75) is 40.2 Å². The van der Waals surface area contributed by atoms with Gasteiger partial charge >= 0.3 is 6.09 Å². The van der Waals surface area contributed by atoms with E-state index in [9.17, 15) is 14.4 Å². The number of ether oxygens (including phenoxy) is 1. The third kappa shape index (κ3) is 7.72. The molecule has 1 heterocycles. The van der Waals surface area contributed by atoms with E-state index < -0.39 is 0 Å². The van der Waals surface area contributed by atoms with E-state index in [-0.39, 0.29) is 36.5 Å². The van der Waals surface area contributed by atoms with Gasteiger partial charge < -0.3 is 24.8 Å². The van der Waals surface area contributed by atoms with Crippen LogP contribution in [0.5, 0.6) is 0 Å². The summed E-state index contributed by atoms with van der Waals surface area (Å²) in [6.07, 6.45) is -0.325. The molecule has 1 saturated heterocycles. The first kappa shape index (κ1) is 21.2. The van der Waals surface area contributed by atoms with Crippen LogP contribution in [0.4, 0.5) is 4.79 Å². The number of carbonyl (C=O) groups excluding carboxylic acids is 3. The molecule has 3 amide bonds. The van der Waals surface area contributed by atoms with E-state index in [1.165, 1.54) is 0 Å². The van der Waals surface area contributed by atoms with Crippen LogP contribution in [0.3, 0.4) is 0 Å². The molecule has 8 heteroatoms. The van der Waals surface area contributed by atoms with Crippen LogP contribution in [0.15, 0.2) is 0 Å². The number of nitrogens with zero attached hydrogens (tertiary/aromatic N) is 2. The molecule has 1 fully saturated rings. The number of piperazine rings is 1. The first-order valence-corrected chi connectivity index (χ1v) is 9.00. The summed E-state index contributed by atoms with van der Waals surface area (Å²) in [5, 5.41) is 2.92. The molecule has 25 heavy (non-hydrogen) atoms. The highest BCUT2D eigenvalue weighted by atomic mass is 16.6. The third-order valence-corrected chi connectivity index (χ3v) is 3.98. The molecule has 0 bridgehead atoms. The van der Waals surface area contributed by atoms with Crippen LogP contribution in [-0.2, 0) is 14.3 Å². The largest absolute Gasteiger partial charge is 0.450 e. The maximum absolute atomic E-state index is 12.5. The summed E-state index contributed by atoms with van der Waals surface area (Å²) in [6, 6.07) is 0. The quantitative estimate of drug-likeness (QED) is 0.646. The van der Waals surface area contributed by atoms with Crippen molar-refractivity contribution in [3.05, 3.63) is 0 Å². The number of likely N-dealkylation sites (N-methyl/N-ethyl adjacent to an activating group) is 1. The van der Waals surface area contributed by atoms with Crippen LogP contribution in [-0.4, -0.2) is 85.7 Å². The summed E-state index contributed by atoms with van der Waals surface area (Å²) in [5.74, 6) is -0.0341. The molecule has 0 spiro atoms. The summed E-state index contributed by atoms with van der Waals surface area (Å²) in [5.41, 5.74) is -0.274. The minimum atomic E-state index is -0.325. The zero-order chi connectivity index (χ0) is 19.0. The number of hydrogen-bond acceptors (Lipinski definition) is 4. The van der Waals surface area contributed by atoms with E-state index in [0.29, 0.717) is 39.3 Å². The summed E-state index contributed by atoms with van der Waals surface area (Å²) in [4.78, 5) is 40.5. The van der Waals surface area contributed by atoms with E-state index in [2.05, 4.69) is 5.32 Å². The van der Waals surface area contributed by atoms with E-state index >= 15 is 0 Å². The molecule has 1 aliphatic heterocycles. The Morgan fingerprint density at radius 3 is 2.04 bits per heavy atom. The fourth-order valence-corrected chi connectivity index (χ4v) is 2.68. The summed E-state index contributed by atoms with van der Waals surface area (Å²) < 4.78 is 4.98. The second kappa shape index (κ2) is 9.60. The Bertz CT molecular complexity index is 468. The molecule has 0 aromatic heterocycles. The van der Waals surface area contributed by atoms with Gasteiger partial charge in [-0.2, -0.15) is 0 Å². The van der Waals surface area contributed by atoms with Gasteiger partial charge in [0, 0.05) is 31.7 Å². The first-order chi connectivity index (χ1) is 11.7. The summed E-state index contributed by atoms with van der Waals surface area (Å²) in [6.45, 7) is 13.1. The Morgan fingerprint density at radius 1 is 1.00 bits per heavy atom. The van der Waals surface area contributed by atoms with Crippen LogP contribution in [0.25, 0.3) is 0 Å². The zero-order valence-corrected chi connectivity index (χ0v) is 16.2. The molecule has 0 radical (unpaired) electrons. The Kier molecular flexibility index (Phi) is 8.15. The number of nitrogens with one attached hydrogen (secondary N) is 2. The molecule has 1 aliphatic rings. The lowest BCUT2D eigenvalue weighted by Gasteiger charge is -2.34. The number of hydrogen-bond donors (Lipinski definition) is 2. The second-order valence-electron chi connectivity index (χ2n) is 7.32. The smallest absolute Gasteiger partial charge is 0.409 e. The Labute approximate surface area is 150 Å². The van der Waals surface area contributed by atoms with Crippen molar-refractivity contribution in [2.75, 3.05) is 52.4 Å². The van der Waals surface area contributed by atoms with Gasteiger partial charge in [0.1, 0.15) is 0 Å². The number of carbonyl (C=O) groups is 3. The fourth-order valence-electron chi connectivity index (χ4n) is 2.68. The van der Waals surface area contributed by atoms with Crippen molar-refractivity contribution >= 4 is 17.9 Å². The molecule has 1 rings (SSSR count). The molecule has 1 atom stereocenters. The zero-order valence-electron chi connectivity index (χ0n) is 16.2. The van der Waals surface area contributed by atoms with Gasteiger partial charge in [-0.3, -0.25) is 9.59 Å². The molecule has 144 valence electrons. The Balaban J connectivity index is 2.44. The molecule has 8 nitrogen and oxygen atoms in total. The van der Waals surface area contributed by atoms with Gasteiger partial charge in [-0.25, -0.2) is 4.79 Å². The van der Waals surface area contributed by atoms with E-state index in [1.54, 1.807) is 16.7 Å². The predicted octanol–water partition coefficient (Wildman–Crippen LogP) is -0.893. The van der Waals surface area contributed by atoms with E-state index in [0.717, 1.165) is 4.90 Å². The third-order valence-electron chi connectivity index (χ3n) is 3.98. The predicted molar refractivity (Wildman–Crippen MR) is 94.3 cm³/mol. The Morgan fingerprint density at radius 2 is 1.56 bits per heavy atom. The van der Waals surface area contributed by atoms with Crippen molar-refractivity contribution in [3.63, 3.8) is 0 Å². The minimum absolute atomic E-state index is 0.0175. The van der Waals surface area contributed by atoms with Gasteiger partial charge in [0.15, 0.2) is 13.1 Å². The van der Waals surface area contributed by atoms with E-state index in [4.69, 9.17) is 4.74 Å². The number of rotatable bonds is 6. The monoisotopic (exact) mass is 357 g/mol. The Hall–Kier alpha value is -1.83. The molecule has 1 unspecified atom stereocenters. The lowest BCUT2D eigenvalue weighted by molar-refractivity contribution is -0.882. The van der Waals surface area contributed by atoms with Crippen molar-refractivity contribution < 1.29 is 24.0 Å². The van der Waals surface area contributed by atoms with Gasteiger partial charge in [-0.05, 0) is 34.6 Å². The highest BCUT2D eigenvalue weighted by Crippen LogP contribution is 2.03. The van der Waals surface area contributed by atoms with Gasteiger partial charge in [0.2, 0.25) is 0 Å². The molecule has 0 aromatic rings. The lowest BCUT2D eigenvalue weighted by atomic mass is 10.1. The standard InChI is InChI=1S/C17H32N4O4/c1-6-19(12-14(22)18-17(3,4)5)13-15(23)20-8-10-21(11-9-20)16(24)25-7-2/h6-13H2,1-5H3,(H,18,22)/p+1. The maximum atomic E-state index is 12.5. The molecule has 0 aliphatic carbocycles. The van der Waals surface area contributed by atoms with Crippen LogP contribution in [0.1, 0.15) is 34.6 Å². The van der Waals surface area contributed by atoms with Crippen molar-refractivity contribution in [2.24, 2.45) is 0 Å².